The van der Waals surface area contributed by atoms with Gasteiger partial charge in [-0.05, 0) is 6.92 Å². The predicted octanol–water partition coefficient (Wildman–Crippen LogP) is -1.64. The molecule has 1 saturated heterocycles. The monoisotopic (exact) mass is 256 g/mol. The summed E-state index contributed by atoms with van der Waals surface area (Å²) in [6, 6.07) is 0. The number of nitrogens with one attached hydrogen (secondary N) is 1. The molecule has 0 spiro atoms. The van der Waals surface area contributed by atoms with E-state index in [1.54, 1.807) is 6.92 Å². The normalized spacial score (nSPS) is 27.6. The summed E-state index contributed by atoms with van der Waals surface area (Å²) in [7, 11) is 0. The van der Waals surface area contributed by atoms with E-state index in [0.717, 1.165) is 0 Å². The third-order valence-electron chi connectivity index (χ3n) is 3.07. The van der Waals surface area contributed by atoms with Crippen LogP contribution in [0, 0.1) is 6.92 Å². The van der Waals surface area contributed by atoms with Crippen molar-refractivity contribution in [2.45, 2.75) is 38.2 Å². The molecule has 0 radical (unpaired) electrons. The summed E-state index contributed by atoms with van der Waals surface area (Å²) in [6.45, 7) is 1.59. The van der Waals surface area contributed by atoms with E-state index in [1.165, 1.54) is 10.8 Å². The Balaban J connectivity index is 2.14. The van der Waals surface area contributed by atoms with Gasteiger partial charge in [0, 0.05) is 18.2 Å². The summed E-state index contributed by atoms with van der Waals surface area (Å²) in [5.41, 5.74) is -0.472. The van der Waals surface area contributed by atoms with Crippen molar-refractivity contribution in [1.29, 1.82) is 0 Å². The average Bonchev–Trinajstić information content (AvgIpc) is 2.66. The number of hydrogen-bond donors (Lipinski definition) is 3. The fourth-order valence-electron chi connectivity index (χ4n) is 2.07. The minimum atomic E-state index is -0.723. The van der Waals surface area contributed by atoms with Gasteiger partial charge in [0.25, 0.3) is 5.56 Å². The lowest BCUT2D eigenvalue weighted by atomic mass is 10.1. The number of H-pyrrole nitrogens is 1. The molecule has 7 nitrogen and oxygen atoms in total. The van der Waals surface area contributed by atoms with Gasteiger partial charge < -0.3 is 14.9 Å². The van der Waals surface area contributed by atoms with Crippen molar-refractivity contribution >= 4 is 0 Å². The molecule has 2 rings (SSSR count). The molecule has 3 N–H and O–H groups in total. The highest BCUT2D eigenvalue weighted by atomic mass is 16.5. The van der Waals surface area contributed by atoms with Crippen LogP contribution in [0.5, 0.6) is 0 Å². The Hall–Kier alpha value is -1.44. The second kappa shape index (κ2) is 5.05. The largest absolute Gasteiger partial charge is 0.394 e. The van der Waals surface area contributed by atoms with Crippen LogP contribution in [0.1, 0.15) is 12.0 Å². The molecular weight excluding hydrogens is 240 g/mol. The van der Waals surface area contributed by atoms with Crippen LogP contribution in [0.25, 0.3) is 0 Å². The van der Waals surface area contributed by atoms with Gasteiger partial charge >= 0.3 is 5.69 Å². The topological polar surface area (TPSA) is 105 Å². The fraction of sp³-hybridized carbons (Fsp3) is 0.636. The number of aliphatic hydroxyl groups excluding tert-OH is 2. The molecule has 1 aromatic rings. The highest BCUT2D eigenvalue weighted by Gasteiger charge is 2.33. The molecule has 1 fully saturated rings. The van der Waals surface area contributed by atoms with Crippen LogP contribution in [0.15, 0.2) is 15.8 Å². The van der Waals surface area contributed by atoms with E-state index in [2.05, 4.69) is 4.98 Å². The molecule has 0 saturated carbocycles. The maximum absolute atomic E-state index is 11.6. The standard InChI is InChI=1S/C11H16N2O5/c1-6-3-13(11(17)12-10(6)16)4-7-2-8(15)9(5-14)18-7/h3,7-9,14-15H,2,4-5H2,1H3,(H,12,16,17)/t7-,8-,9+/m0/s1. The van der Waals surface area contributed by atoms with Gasteiger partial charge in [-0.3, -0.25) is 14.3 Å². The van der Waals surface area contributed by atoms with E-state index in [0.29, 0.717) is 12.0 Å². The van der Waals surface area contributed by atoms with Gasteiger partial charge in [0.1, 0.15) is 6.10 Å². The first-order valence-corrected chi connectivity index (χ1v) is 5.76. The summed E-state index contributed by atoms with van der Waals surface area (Å²) in [5.74, 6) is 0. The smallest absolute Gasteiger partial charge is 0.328 e. The number of ether oxygens (including phenoxy) is 1. The molecule has 1 aliphatic rings. The summed E-state index contributed by atoms with van der Waals surface area (Å²) in [4.78, 5) is 25.0. The van der Waals surface area contributed by atoms with E-state index < -0.39 is 23.5 Å². The number of aryl methyl sites for hydroxylation is 1. The van der Waals surface area contributed by atoms with Gasteiger partial charge in [0.15, 0.2) is 0 Å². The molecule has 2 heterocycles. The van der Waals surface area contributed by atoms with Crippen molar-refractivity contribution in [2.24, 2.45) is 0 Å². The molecular formula is C11H16N2O5. The van der Waals surface area contributed by atoms with Gasteiger partial charge in [-0.25, -0.2) is 4.79 Å². The second-order valence-corrected chi connectivity index (χ2v) is 4.51. The maximum atomic E-state index is 11.6. The van der Waals surface area contributed by atoms with E-state index in [9.17, 15) is 14.7 Å². The summed E-state index contributed by atoms with van der Waals surface area (Å²) in [5, 5.41) is 18.5. The molecule has 1 aromatic heterocycles. The van der Waals surface area contributed by atoms with Crippen molar-refractivity contribution in [3.05, 3.63) is 32.6 Å². The maximum Gasteiger partial charge on any atom is 0.328 e. The zero-order valence-corrected chi connectivity index (χ0v) is 10.00. The average molecular weight is 256 g/mol. The van der Waals surface area contributed by atoms with Crippen LogP contribution in [-0.4, -0.2) is 44.7 Å². The Morgan fingerprint density at radius 2 is 2.28 bits per heavy atom. The molecule has 18 heavy (non-hydrogen) atoms. The molecule has 0 aliphatic carbocycles. The third-order valence-corrected chi connectivity index (χ3v) is 3.07. The van der Waals surface area contributed by atoms with Crippen molar-refractivity contribution in [1.82, 2.24) is 9.55 Å². The van der Waals surface area contributed by atoms with Crippen LogP contribution in [0.2, 0.25) is 0 Å². The van der Waals surface area contributed by atoms with Gasteiger partial charge in [0.2, 0.25) is 0 Å². The number of aromatic amines is 1. The van der Waals surface area contributed by atoms with Crippen molar-refractivity contribution in [2.75, 3.05) is 6.61 Å². The first-order chi connectivity index (χ1) is 8.51. The Labute approximate surface area is 103 Å². The zero-order chi connectivity index (χ0) is 13.3. The van der Waals surface area contributed by atoms with Crippen molar-refractivity contribution in [3.63, 3.8) is 0 Å². The molecule has 100 valence electrons. The Bertz CT molecular complexity index is 535. The van der Waals surface area contributed by atoms with Gasteiger partial charge in [-0.15, -0.1) is 0 Å². The second-order valence-electron chi connectivity index (χ2n) is 4.51. The molecule has 0 unspecified atom stereocenters. The van der Waals surface area contributed by atoms with Crippen molar-refractivity contribution < 1.29 is 14.9 Å². The molecule has 0 aromatic carbocycles. The summed E-state index contributed by atoms with van der Waals surface area (Å²) < 4.78 is 6.74. The van der Waals surface area contributed by atoms with Crippen LogP contribution in [-0.2, 0) is 11.3 Å². The Kier molecular flexibility index (Phi) is 3.65. The summed E-state index contributed by atoms with van der Waals surface area (Å²) >= 11 is 0. The molecule has 3 atom stereocenters. The van der Waals surface area contributed by atoms with Crippen LogP contribution < -0.4 is 11.2 Å². The van der Waals surface area contributed by atoms with Crippen LogP contribution in [0.4, 0.5) is 0 Å². The first-order valence-electron chi connectivity index (χ1n) is 5.76. The minimum Gasteiger partial charge on any atom is -0.394 e. The Morgan fingerprint density at radius 3 is 2.89 bits per heavy atom. The summed E-state index contributed by atoms with van der Waals surface area (Å²) in [6.07, 6.45) is 0.147. The molecule has 7 heteroatoms. The van der Waals surface area contributed by atoms with E-state index >= 15 is 0 Å². The van der Waals surface area contributed by atoms with Gasteiger partial charge in [-0.1, -0.05) is 0 Å². The lowest BCUT2D eigenvalue weighted by Gasteiger charge is -2.13. The zero-order valence-electron chi connectivity index (χ0n) is 10.00. The lowest BCUT2D eigenvalue weighted by Crippen LogP contribution is -2.34. The van der Waals surface area contributed by atoms with Gasteiger partial charge in [-0.2, -0.15) is 0 Å². The highest BCUT2D eigenvalue weighted by Crippen LogP contribution is 2.20. The highest BCUT2D eigenvalue weighted by molar-refractivity contribution is 5.01. The minimum absolute atomic E-state index is 0.240. The number of aromatic nitrogens is 2. The number of aliphatic hydroxyl groups is 2. The fourth-order valence-corrected chi connectivity index (χ4v) is 2.07. The number of nitrogens with zero attached hydrogens (tertiary/aromatic N) is 1. The number of rotatable bonds is 3. The van der Waals surface area contributed by atoms with Crippen LogP contribution >= 0.6 is 0 Å². The van der Waals surface area contributed by atoms with Crippen molar-refractivity contribution in [3.8, 4) is 0 Å². The molecule has 1 aliphatic heterocycles. The van der Waals surface area contributed by atoms with E-state index in [4.69, 9.17) is 9.84 Å². The molecule has 0 bridgehead atoms. The quantitative estimate of drug-likeness (QED) is 0.601. The number of hydrogen-bond acceptors (Lipinski definition) is 5. The molecule has 0 amide bonds. The SMILES string of the molecule is Cc1cn(C[C@@H]2C[C@H](O)[C@@H](CO)O2)c(=O)[nH]c1=O. The predicted molar refractivity (Wildman–Crippen MR) is 62.4 cm³/mol. The van der Waals surface area contributed by atoms with E-state index in [-0.39, 0.29) is 19.3 Å². The first kappa shape index (κ1) is 13.0. The Morgan fingerprint density at radius 1 is 1.56 bits per heavy atom. The third kappa shape index (κ3) is 2.53. The van der Waals surface area contributed by atoms with E-state index in [1.807, 2.05) is 0 Å². The lowest BCUT2D eigenvalue weighted by molar-refractivity contribution is -0.0260. The van der Waals surface area contributed by atoms with Gasteiger partial charge in [0.05, 0.1) is 25.4 Å². The van der Waals surface area contributed by atoms with Crippen LogP contribution in [0.3, 0.4) is 0 Å².